The van der Waals surface area contributed by atoms with E-state index in [0.29, 0.717) is 26.2 Å². The van der Waals surface area contributed by atoms with Crippen LogP contribution in [0.25, 0.3) is 0 Å². The highest BCUT2D eigenvalue weighted by Gasteiger charge is 2.34. The van der Waals surface area contributed by atoms with E-state index in [4.69, 9.17) is 0 Å². The normalized spacial score (nSPS) is 23.6. The summed E-state index contributed by atoms with van der Waals surface area (Å²) in [6.07, 6.45) is -0.0459. The Kier molecular flexibility index (Phi) is 4.14. The molecule has 0 aromatic carbocycles. The zero-order chi connectivity index (χ0) is 13.2. The smallest absolute Gasteiger partial charge is 0.340 e. The molecule has 6 heteroatoms. The largest absolute Gasteiger partial charge is 0.401 e. The van der Waals surface area contributed by atoms with Crippen molar-refractivity contribution in [3.8, 4) is 0 Å². The standard InChI is InChI=1S/C12H19F3N2O/c13-12(14,15)9-16-5-7-17(8-6-16)11(18)10-3-1-2-4-10/h10H,1-9H2. The Balaban J connectivity index is 1.77. The van der Waals surface area contributed by atoms with Gasteiger partial charge in [-0.25, -0.2) is 0 Å². The van der Waals surface area contributed by atoms with Crippen LogP contribution in [0.1, 0.15) is 25.7 Å². The molecule has 1 heterocycles. The van der Waals surface area contributed by atoms with E-state index in [1.165, 1.54) is 4.90 Å². The third-order valence-electron chi connectivity index (χ3n) is 3.79. The fourth-order valence-corrected chi connectivity index (χ4v) is 2.81. The highest BCUT2D eigenvalue weighted by Crippen LogP contribution is 2.27. The first kappa shape index (κ1) is 13.6. The summed E-state index contributed by atoms with van der Waals surface area (Å²) in [5, 5.41) is 0. The highest BCUT2D eigenvalue weighted by atomic mass is 19.4. The number of carbonyl (C=O) groups is 1. The second-order valence-corrected chi connectivity index (χ2v) is 5.20. The number of hydrogen-bond acceptors (Lipinski definition) is 2. The molecule has 0 N–H and O–H groups in total. The van der Waals surface area contributed by atoms with Gasteiger partial charge < -0.3 is 4.90 Å². The summed E-state index contributed by atoms with van der Waals surface area (Å²) in [5.74, 6) is 0.276. The van der Waals surface area contributed by atoms with Crippen molar-refractivity contribution in [2.45, 2.75) is 31.9 Å². The summed E-state index contributed by atoms with van der Waals surface area (Å²) in [5.41, 5.74) is 0. The third-order valence-corrected chi connectivity index (χ3v) is 3.79. The molecule has 1 amide bonds. The van der Waals surface area contributed by atoms with Crippen LogP contribution in [0.15, 0.2) is 0 Å². The molecule has 104 valence electrons. The average molecular weight is 264 g/mol. The van der Waals surface area contributed by atoms with Gasteiger partial charge in [0, 0.05) is 32.1 Å². The lowest BCUT2D eigenvalue weighted by Gasteiger charge is -2.36. The molecule has 0 aromatic rings. The predicted octanol–water partition coefficient (Wildman–Crippen LogP) is 1.88. The van der Waals surface area contributed by atoms with Gasteiger partial charge in [-0.2, -0.15) is 13.2 Å². The van der Waals surface area contributed by atoms with Crippen LogP contribution in [0.3, 0.4) is 0 Å². The minimum atomic E-state index is -4.14. The van der Waals surface area contributed by atoms with Gasteiger partial charge in [-0.05, 0) is 12.8 Å². The molecule has 1 aliphatic carbocycles. The molecule has 2 fully saturated rings. The van der Waals surface area contributed by atoms with E-state index in [9.17, 15) is 18.0 Å². The number of piperazine rings is 1. The molecular weight excluding hydrogens is 245 g/mol. The van der Waals surface area contributed by atoms with Crippen LogP contribution in [-0.2, 0) is 4.79 Å². The first-order valence-corrected chi connectivity index (χ1v) is 6.53. The Hall–Kier alpha value is -0.780. The quantitative estimate of drug-likeness (QED) is 0.760. The topological polar surface area (TPSA) is 23.6 Å². The van der Waals surface area contributed by atoms with Gasteiger partial charge in [0.2, 0.25) is 5.91 Å². The molecule has 2 rings (SSSR count). The maximum atomic E-state index is 12.2. The molecule has 0 atom stereocenters. The molecule has 0 spiro atoms. The van der Waals surface area contributed by atoms with Gasteiger partial charge in [0.25, 0.3) is 0 Å². The van der Waals surface area contributed by atoms with E-state index in [-0.39, 0.29) is 11.8 Å². The molecule has 0 bridgehead atoms. The van der Waals surface area contributed by atoms with Gasteiger partial charge >= 0.3 is 6.18 Å². The minimum absolute atomic E-state index is 0.124. The summed E-state index contributed by atoms with van der Waals surface area (Å²) in [7, 11) is 0. The summed E-state index contributed by atoms with van der Waals surface area (Å²) in [6, 6.07) is 0. The maximum Gasteiger partial charge on any atom is 0.401 e. The van der Waals surface area contributed by atoms with Gasteiger partial charge in [0.1, 0.15) is 0 Å². The third kappa shape index (κ3) is 3.60. The van der Waals surface area contributed by atoms with Gasteiger partial charge in [-0.3, -0.25) is 9.69 Å². The van der Waals surface area contributed by atoms with Crippen LogP contribution in [0.4, 0.5) is 13.2 Å². The van der Waals surface area contributed by atoms with E-state index in [2.05, 4.69) is 0 Å². The fourth-order valence-electron chi connectivity index (χ4n) is 2.81. The van der Waals surface area contributed by atoms with Gasteiger partial charge in [0.05, 0.1) is 6.54 Å². The van der Waals surface area contributed by atoms with Crippen LogP contribution in [0.2, 0.25) is 0 Å². The van der Waals surface area contributed by atoms with Crippen molar-refractivity contribution in [1.82, 2.24) is 9.80 Å². The zero-order valence-electron chi connectivity index (χ0n) is 10.4. The maximum absolute atomic E-state index is 12.2. The lowest BCUT2D eigenvalue weighted by Crippen LogP contribution is -2.52. The Bertz CT molecular complexity index is 292. The van der Waals surface area contributed by atoms with Crippen molar-refractivity contribution < 1.29 is 18.0 Å². The number of hydrogen-bond donors (Lipinski definition) is 0. The fraction of sp³-hybridized carbons (Fsp3) is 0.917. The predicted molar refractivity (Wildman–Crippen MR) is 61.0 cm³/mol. The van der Waals surface area contributed by atoms with E-state index in [1.54, 1.807) is 4.90 Å². The Labute approximate surface area is 105 Å². The molecule has 1 aliphatic heterocycles. The lowest BCUT2D eigenvalue weighted by atomic mass is 10.1. The SMILES string of the molecule is O=C(C1CCCC1)N1CCN(CC(F)(F)F)CC1. The van der Waals surface area contributed by atoms with Crippen molar-refractivity contribution in [3.63, 3.8) is 0 Å². The number of halogens is 3. The monoisotopic (exact) mass is 264 g/mol. The van der Waals surface area contributed by atoms with Crippen molar-refractivity contribution in [1.29, 1.82) is 0 Å². The van der Waals surface area contributed by atoms with Gasteiger partial charge in [-0.15, -0.1) is 0 Å². The second kappa shape index (κ2) is 5.47. The lowest BCUT2D eigenvalue weighted by molar-refractivity contribution is -0.152. The van der Waals surface area contributed by atoms with Crippen LogP contribution in [0.5, 0.6) is 0 Å². The van der Waals surface area contributed by atoms with Crippen molar-refractivity contribution in [2.24, 2.45) is 5.92 Å². The van der Waals surface area contributed by atoms with Crippen LogP contribution in [0, 0.1) is 5.92 Å². The van der Waals surface area contributed by atoms with Crippen molar-refractivity contribution in [3.05, 3.63) is 0 Å². The van der Waals surface area contributed by atoms with Gasteiger partial charge in [-0.1, -0.05) is 12.8 Å². The number of rotatable bonds is 2. The summed E-state index contributed by atoms with van der Waals surface area (Å²) in [4.78, 5) is 15.2. The zero-order valence-corrected chi connectivity index (χ0v) is 10.4. The summed E-state index contributed by atoms with van der Waals surface area (Å²) in [6.45, 7) is 0.672. The molecule has 2 aliphatic rings. The van der Waals surface area contributed by atoms with Crippen molar-refractivity contribution >= 4 is 5.91 Å². The molecule has 1 saturated heterocycles. The number of carbonyl (C=O) groups excluding carboxylic acids is 1. The first-order chi connectivity index (χ1) is 8.46. The molecule has 18 heavy (non-hydrogen) atoms. The van der Waals surface area contributed by atoms with Gasteiger partial charge in [0.15, 0.2) is 0 Å². The molecule has 1 saturated carbocycles. The van der Waals surface area contributed by atoms with E-state index in [1.807, 2.05) is 0 Å². The minimum Gasteiger partial charge on any atom is -0.340 e. The van der Waals surface area contributed by atoms with E-state index < -0.39 is 12.7 Å². The molecule has 0 radical (unpaired) electrons. The average Bonchev–Trinajstić information content (AvgIpc) is 2.80. The number of nitrogens with zero attached hydrogens (tertiary/aromatic N) is 2. The Morgan fingerprint density at radius 3 is 2.11 bits per heavy atom. The van der Waals surface area contributed by atoms with E-state index >= 15 is 0 Å². The number of alkyl halides is 3. The highest BCUT2D eigenvalue weighted by molar-refractivity contribution is 5.79. The Morgan fingerprint density at radius 1 is 1.06 bits per heavy atom. The second-order valence-electron chi connectivity index (χ2n) is 5.20. The number of amides is 1. The van der Waals surface area contributed by atoms with Crippen LogP contribution < -0.4 is 0 Å². The summed E-state index contributed by atoms with van der Waals surface area (Å²) >= 11 is 0. The first-order valence-electron chi connectivity index (χ1n) is 6.53. The van der Waals surface area contributed by atoms with E-state index in [0.717, 1.165) is 25.7 Å². The van der Waals surface area contributed by atoms with Crippen LogP contribution in [-0.4, -0.2) is 54.6 Å². The molecule has 0 aromatic heterocycles. The molecule has 0 unspecified atom stereocenters. The molecular formula is C12H19F3N2O. The Morgan fingerprint density at radius 2 is 1.61 bits per heavy atom. The molecule has 3 nitrogen and oxygen atoms in total. The summed E-state index contributed by atoms with van der Waals surface area (Å²) < 4.78 is 36.7. The van der Waals surface area contributed by atoms with Crippen LogP contribution >= 0.6 is 0 Å². The van der Waals surface area contributed by atoms with Crippen molar-refractivity contribution in [2.75, 3.05) is 32.7 Å².